The molecular weight excluding hydrogens is 407 g/mol. The Bertz CT molecular complexity index is 636. The number of nitrogens with one attached hydrogen (secondary N) is 1. The van der Waals surface area contributed by atoms with Crippen molar-refractivity contribution < 1.29 is 0 Å². The molecule has 2 heterocycles. The van der Waals surface area contributed by atoms with E-state index in [1.54, 1.807) is 11.8 Å². The molecule has 0 saturated carbocycles. The fraction of sp³-hybridized carbons (Fsp3) is 0.478. The smallest absolute Gasteiger partial charge is 0.0551 e. The van der Waals surface area contributed by atoms with E-state index >= 15 is 0 Å². The molecule has 0 aromatic heterocycles. The Kier molecular flexibility index (Phi) is 12.7. The maximum absolute atomic E-state index is 6.02. The number of hydrogen-bond donors (Lipinski definition) is 1. The van der Waals surface area contributed by atoms with E-state index in [-0.39, 0.29) is 0 Å². The molecule has 0 aliphatic carbocycles. The summed E-state index contributed by atoms with van der Waals surface area (Å²) in [5, 5.41) is 4.87. The second-order valence-corrected chi connectivity index (χ2v) is 8.01. The van der Waals surface area contributed by atoms with Crippen LogP contribution in [0.3, 0.4) is 0 Å². The quantitative estimate of drug-likeness (QED) is 0.442. The van der Waals surface area contributed by atoms with Crippen LogP contribution in [0.5, 0.6) is 0 Å². The maximum atomic E-state index is 6.02. The van der Waals surface area contributed by atoms with Gasteiger partial charge in [0.25, 0.3) is 0 Å². The topological polar surface area (TPSA) is 15.3 Å². The van der Waals surface area contributed by atoms with Crippen molar-refractivity contribution in [2.75, 3.05) is 25.0 Å². The van der Waals surface area contributed by atoms with Gasteiger partial charge in [0.15, 0.2) is 0 Å². The lowest BCUT2D eigenvalue weighted by molar-refractivity contribution is 0.702. The van der Waals surface area contributed by atoms with Crippen LogP contribution in [0.2, 0.25) is 10.0 Å². The van der Waals surface area contributed by atoms with Crippen LogP contribution in [0.1, 0.15) is 53.4 Å². The van der Waals surface area contributed by atoms with Gasteiger partial charge in [0.05, 0.1) is 11.4 Å². The molecule has 2 aliphatic heterocycles. The maximum Gasteiger partial charge on any atom is 0.0551 e. The Labute approximate surface area is 186 Å². The zero-order valence-electron chi connectivity index (χ0n) is 17.8. The minimum Gasteiger partial charge on any atom is -0.343 e. The number of fused-ring (bicyclic) bond motifs is 2. The molecule has 2 nitrogen and oxygen atoms in total. The summed E-state index contributed by atoms with van der Waals surface area (Å²) in [5.74, 6) is 0. The summed E-state index contributed by atoms with van der Waals surface area (Å²) in [6, 6.07) is 11.9. The van der Waals surface area contributed by atoms with Crippen molar-refractivity contribution in [3.63, 3.8) is 0 Å². The molecule has 0 spiro atoms. The van der Waals surface area contributed by atoms with Gasteiger partial charge in [-0.05, 0) is 62.3 Å². The molecule has 0 unspecified atom stereocenters. The third-order valence-corrected chi connectivity index (χ3v) is 5.81. The van der Waals surface area contributed by atoms with Crippen molar-refractivity contribution in [3.8, 4) is 0 Å². The number of hydrogen-bond acceptors (Lipinski definition) is 3. The predicted molar refractivity (Wildman–Crippen MR) is 129 cm³/mol. The van der Waals surface area contributed by atoms with Crippen LogP contribution >= 0.6 is 35.0 Å². The van der Waals surface area contributed by atoms with Crippen molar-refractivity contribution in [2.24, 2.45) is 0 Å². The van der Waals surface area contributed by atoms with E-state index < -0.39 is 0 Å². The second kappa shape index (κ2) is 14.2. The molecule has 2 aliphatic rings. The lowest BCUT2D eigenvalue weighted by atomic mass is 10.2. The Morgan fingerprint density at radius 2 is 1.18 bits per heavy atom. The average molecular weight is 442 g/mol. The van der Waals surface area contributed by atoms with Crippen molar-refractivity contribution in [1.29, 1.82) is 0 Å². The predicted octanol–water partition coefficient (Wildman–Crippen LogP) is 8.43. The molecule has 4 rings (SSSR count). The highest BCUT2D eigenvalue weighted by Gasteiger charge is 2.20. The molecule has 28 heavy (non-hydrogen) atoms. The van der Waals surface area contributed by atoms with Gasteiger partial charge in [-0.1, -0.05) is 75.5 Å². The Hall–Kier alpha value is -0.870. The molecule has 1 N–H and O–H groups in total. The summed E-state index contributed by atoms with van der Waals surface area (Å²) in [6.07, 6.45) is 5.65. The van der Waals surface area contributed by atoms with Gasteiger partial charge < -0.3 is 10.2 Å². The number of nitrogens with zero attached hydrogens (tertiary/aromatic N) is 1. The summed E-state index contributed by atoms with van der Waals surface area (Å²) in [6.45, 7) is 10.5. The van der Waals surface area contributed by atoms with Gasteiger partial charge in [-0.3, -0.25) is 0 Å². The molecule has 0 bridgehead atoms. The van der Waals surface area contributed by atoms with E-state index in [1.807, 2.05) is 64.1 Å². The van der Waals surface area contributed by atoms with Gasteiger partial charge in [0, 0.05) is 26.9 Å². The standard InChI is InChI=1S/C13H9Cl2NS.C6H13N.2C2H6/c1-16-10-4-2-8(14)6-12(10)17-13-7-9(15)3-5-11(13)16;1-2-4-6-7-5-3-1;2*1-2/h2-7H,1H3;7H,1-6H2;2*1-2H3. The fourth-order valence-electron chi connectivity index (χ4n) is 2.92. The monoisotopic (exact) mass is 440 g/mol. The zero-order valence-corrected chi connectivity index (χ0v) is 20.1. The molecule has 1 fully saturated rings. The van der Waals surface area contributed by atoms with E-state index in [1.165, 1.54) is 50.1 Å². The van der Waals surface area contributed by atoms with Crippen LogP contribution in [-0.2, 0) is 0 Å². The van der Waals surface area contributed by atoms with E-state index in [0.717, 1.165) is 19.8 Å². The van der Waals surface area contributed by atoms with Gasteiger partial charge in [-0.2, -0.15) is 0 Å². The molecule has 2 aromatic rings. The summed E-state index contributed by atoms with van der Waals surface area (Å²) in [4.78, 5) is 4.48. The fourth-order valence-corrected chi connectivity index (χ4v) is 4.62. The van der Waals surface area contributed by atoms with Gasteiger partial charge in [-0.15, -0.1) is 0 Å². The van der Waals surface area contributed by atoms with Crippen molar-refractivity contribution in [2.45, 2.75) is 63.2 Å². The Morgan fingerprint density at radius 3 is 1.61 bits per heavy atom. The van der Waals surface area contributed by atoms with Crippen LogP contribution in [0.15, 0.2) is 46.2 Å². The molecule has 1 saturated heterocycles. The summed E-state index contributed by atoms with van der Waals surface area (Å²) in [7, 11) is 2.05. The highest BCUT2D eigenvalue weighted by molar-refractivity contribution is 7.99. The molecule has 156 valence electrons. The van der Waals surface area contributed by atoms with Crippen LogP contribution < -0.4 is 10.2 Å². The highest BCUT2D eigenvalue weighted by atomic mass is 35.5. The number of benzene rings is 2. The van der Waals surface area contributed by atoms with E-state index in [4.69, 9.17) is 23.2 Å². The van der Waals surface area contributed by atoms with E-state index in [2.05, 4.69) is 17.3 Å². The van der Waals surface area contributed by atoms with Gasteiger partial charge in [-0.25, -0.2) is 0 Å². The van der Waals surface area contributed by atoms with Gasteiger partial charge in [0.1, 0.15) is 0 Å². The zero-order chi connectivity index (χ0) is 20.9. The third-order valence-electron chi connectivity index (χ3n) is 4.24. The summed E-state index contributed by atoms with van der Waals surface area (Å²) >= 11 is 13.8. The molecule has 0 atom stereocenters. The lowest BCUT2D eigenvalue weighted by Crippen LogP contribution is -2.14. The van der Waals surface area contributed by atoms with Crippen molar-refractivity contribution >= 4 is 46.3 Å². The largest absolute Gasteiger partial charge is 0.343 e. The van der Waals surface area contributed by atoms with Crippen molar-refractivity contribution in [3.05, 3.63) is 46.4 Å². The first kappa shape index (κ1) is 25.2. The summed E-state index contributed by atoms with van der Waals surface area (Å²) in [5.41, 5.74) is 2.35. The first-order valence-electron chi connectivity index (χ1n) is 10.4. The number of anilines is 2. The van der Waals surface area contributed by atoms with E-state index in [0.29, 0.717) is 0 Å². The Morgan fingerprint density at radius 1 is 0.750 bits per heavy atom. The average Bonchev–Trinajstić information content (AvgIpc) is 3.04. The van der Waals surface area contributed by atoms with Crippen molar-refractivity contribution in [1.82, 2.24) is 5.32 Å². The molecule has 0 amide bonds. The minimum absolute atomic E-state index is 0.759. The summed E-state index contributed by atoms with van der Waals surface area (Å²) < 4.78 is 0. The minimum atomic E-state index is 0.759. The molecular formula is C23H34Cl2N2S. The first-order chi connectivity index (χ1) is 13.6. The van der Waals surface area contributed by atoms with Gasteiger partial charge >= 0.3 is 0 Å². The number of rotatable bonds is 0. The highest BCUT2D eigenvalue weighted by Crippen LogP contribution is 2.48. The number of halogens is 2. The van der Waals surface area contributed by atoms with Crippen LogP contribution in [0.4, 0.5) is 11.4 Å². The third kappa shape index (κ3) is 7.51. The Balaban J connectivity index is 0.000000299. The molecule has 2 aromatic carbocycles. The van der Waals surface area contributed by atoms with Crippen LogP contribution in [-0.4, -0.2) is 20.1 Å². The van der Waals surface area contributed by atoms with Gasteiger partial charge in [0.2, 0.25) is 0 Å². The molecule has 0 radical (unpaired) electrons. The lowest BCUT2D eigenvalue weighted by Gasteiger charge is -2.29. The SMILES string of the molecule is C1CCCNCC1.CC.CC.CN1c2ccc(Cl)cc2Sc2cc(Cl)ccc21. The van der Waals surface area contributed by atoms with Crippen LogP contribution in [0.25, 0.3) is 0 Å². The second-order valence-electron chi connectivity index (χ2n) is 6.05. The first-order valence-corrected chi connectivity index (χ1v) is 11.9. The molecule has 5 heteroatoms. The van der Waals surface area contributed by atoms with E-state index in [9.17, 15) is 0 Å². The van der Waals surface area contributed by atoms with Crippen LogP contribution in [0, 0.1) is 0 Å². The normalized spacial score (nSPS) is 14.5.